The smallest absolute Gasteiger partial charge is 0.305 e. The standard InChI is InChI=1S/C46H90O4/c1-3-5-7-9-11-13-27-31-35-39-43-49-45(47)41-37-33-29-25-23-21-19-17-15-16-18-20-22-24-26-30-34-38-42-46(48)50-44-40-36-32-28-14-12-10-8-6-4-2/h3-44H2,1-2H3. The van der Waals surface area contributed by atoms with E-state index in [1.54, 1.807) is 0 Å². The molecule has 0 spiro atoms. The van der Waals surface area contributed by atoms with Crippen LogP contribution in [0.25, 0.3) is 0 Å². The molecule has 0 unspecified atom stereocenters. The van der Waals surface area contributed by atoms with Gasteiger partial charge in [-0.2, -0.15) is 0 Å². The molecule has 0 aromatic carbocycles. The van der Waals surface area contributed by atoms with Gasteiger partial charge in [-0.1, -0.05) is 232 Å². The summed E-state index contributed by atoms with van der Waals surface area (Å²) in [5.74, 6) is 0.0299. The third-order valence-electron chi connectivity index (χ3n) is 10.5. The van der Waals surface area contributed by atoms with Crippen LogP contribution >= 0.6 is 0 Å². The van der Waals surface area contributed by atoms with E-state index < -0.39 is 0 Å². The first-order chi connectivity index (χ1) is 24.7. The molecular weight excluding hydrogens is 617 g/mol. The molecule has 0 aromatic heterocycles. The van der Waals surface area contributed by atoms with Crippen LogP contribution in [0.3, 0.4) is 0 Å². The molecule has 50 heavy (non-hydrogen) atoms. The molecule has 0 aliphatic carbocycles. The summed E-state index contributed by atoms with van der Waals surface area (Å²) in [5, 5.41) is 0. The van der Waals surface area contributed by atoms with Crippen LogP contribution in [-0.2, 0) is 19.1 Å². The van der Waals surface area contributed by atoms with Gasteiger partial charge in [0.25, 0.3) is 0 Å². The molecule has 0 saturated heterocycles. The maximum absolute atomic E-state index is 11.9. The predicted molar refractivity (Wildman–Crippen MR) is 218 cm³/mol. The van der Waals surface area contributed by atoms with Gasteiger partial charge in [0, 0.05) is 12.8 Å². The van der Waals surface area contributed by atoms with Gasteiger partial charge in [-0.3, -0.25) is 9.59 Å². The number of carbonyl (C=O) groups excluding carboxylic acids is 2. The van der Waals surface area contributed by atoms with Crippen molar-refractivity contribution in [1.82, 2.24) is 0 Å². The van der Waals surface area contributed by atoms with Crippen molar-refractivity contribution >= 4 is 11.9 Å². The Kier molecular flexibility index (Phi) is 43.2. The van der Waals surface area contributed by atoms with Gasteiger partial charge in [-0.05, 0) is 25.7 Å². The lowest BCUT2D eigenvalue weighted by Gasteiger charge is -2.06. The lowest BCUT2D eigenvalue weighted by Crippen LogP contribution is -2.05. The van der Waals surface area contributed by atoms with Crippen LogP contribution in [-0.4, -0.2) is 25.2 Å². The number of unbranched alkanes of at least 4 members (excludes halogenated alkanes) is 35. The third kappa shape index (κ3) is 43.1. The second-order valence-electron chi connectivity index (χ2n) is 15.7. The monoisotopic (exact) mass is 707 g/mol. The van der Waals surface area contributed by atoms with Gasteiger partial charge < -0.3 is 9.47 Å². The molecule has 0 heterocycles. The molecule has 298 valence electrons. The van der Waals surface area contributed by atoms with E-state index in [9.17, 15) is 9.59 Å². The maximum atomic E-state index is 11.9. The lowest BCUT2D eigenvalue weighted by atomic mass is 10.0. The molecule has 4 heteroatoms. The zero-order valence-electron chi connectivity index (χ0n) is 34.3. The zero-order chi connectivity index (χ0) is 36.3. The summed E-state index contributed by atoms with van der Waals surface area (Å²) in [6.45, 7) is 5.79. The molecule has 0 N–H and O–H groups in total. The molecule has 0 bridgehead atoms. The van der Waals surface area contributed by atoms with Crippen LogP contribution in [0.5, 0.6) is 0 Å². The van der Waals surface area contributed by atoms with Gasteiger partial charge in [0.1, 0.15) is 0 Å². The van der Waals surface area contributed by atoms with Crippen LogP contribution in [0.4, 0.5) is 0 Å². The van der Waals surface area contributed by atoms with Gasteiger partial charge in [-0.15, -0.1) is 0 Å². The van der Waals surface area contributed by atoms with Gasteiger partial charge >= 0.3 is 11.9 Å². The number of hydrogen-bond donors (Lipinski definition) is 0. The summed E-state index contributed by atoms with van der Waals surface area (Å²) < 4.78 is 10.9. The summed E-state index contributed by atoms with van der Waals surface area (Å²) in [7, 11) is 0. The fourth-order valence-corrected chi connectivity index (χ4v) is 7.06. The third-order valence-corrected chi connectivity index (χ3v) is 10.5. The van der Waals surface area contributed by atoms with Crippen molar-refractivity contribution in [2.24, 2.45) is 0 Å². The Morgan fingerprint density at radius 2 is 0.440 bits per heavy atom. The Balaban J connectivity index is 3.19. The minimum atomic E-state index is 0.0150. The highest BCUT2D eigenvalue weighted by Gasteiger charge is 2.04. The van der Waals surface area contributed by atoms with Gasteiger partial charge in [0.05, 0.1) is 13.2 Å². The molecular formula is C46H90O4. The quantitative estimate of drug-likeness (QED) is 0.0468. The Labute approximate surface area is 314 Å². The summed E-state index contributed by atoms with van der Waals surface area (Å²) in [4.78, 5) is 23.9. The Bertz CT molecular complexity index is 607. The summed E-state index contributed by atoms with van der Waals surface area (Å²) >= 11 is 0. The Hall–Kier alpha value is -1.06. The van der Waals surface area contributed by atoms with Crippen LogP contribution in [0.1, 0.15) is 271 Å². The van der Waals surface area contributed by atoms with Gasteiger partial charge in [0.15, 0.2) is 0 Å². The number of esters is 2. The lowest BCUT2D eigenvalue weighted by molar-refractivity contribution is -0.144. The van der Waals surface area contributed by atoms with Crippen molar-refractivity contribution in [1.29, 1.82) is 0 Å². The topological polar surface area (TPSA) is 52.6 Å². The van der Waals surface area contributed by atoms with E-state index in [4.69, 9.17) is 9.47 Å². The highest BCUT2D eigenvalue weighted by molar-refractivity contribution is 5.69. The number of rotatable bonds is 43. The Morgan fingerprint density at radius 1 is 0.260 bits per heavy atom. The Morgan fingerprint density at radius 3 is 0.660 bits per heavy atom. The molecule has 0 fully saturated rings. The normalized spacial score (nSPS) is 11.3. The van der Waals surface area contributed by atoms with Crippen molar-refractivity contribution in [3.05, 3.63) is 0 Å². The van der Waals surface area contributed by atoms with Crippen molar-refractivity contribution in [3.63, 3.8) is 0 Å². The first-order valence-corrected chi connectivity index (χ1v) is 23.0. The molecule has 4 nitrogen and oxygen atoms in total. The molecule has 0 aliphatic rings. The SMILES string of the molecule is CCCCCCCCCCCCOC(=O)CCCCCCCCCCCCCCCCCCCCC(=O)OCCCCCCCCCCCC. The van der Waals surface area contributed by atoms with Crippen molar-refractivity contribution in [2.75, 3.05) is 13.2 Å². The average Bonchev–Trinajstić information content (AvgIpc) is 3.12. The minimum Gasteiger partial charge on any atom is -0.466 e. The highest BCUT2D eigenvalue weighted by Crippen LogP contribution is 2.16. The maximum Gasteiger partial charge on any atom is 0.305 e. The molecule has 0 radical (unpaired) electrons. The summed E-state index contributed by atoms with van der Waals surface area (Å²) in [5.41, 5.74) is 0. The molecule has 0 aromatic rings. The van der Waals surface area contributed by atoms with E-state index in [1.165, 1.54) is 218 Å². The number of carbonyl (C=O) groups is 2. The molecule has 0 atom stereocenters. The molecule has 0 rings (SSSR count). The fourth-order valence-electron chi connectivity index (χ4n) is 7.06. The number of hydrogen-bond acceptors (Lipinski definition) is 4. The van der Waals surface area contributed by atoms with Gasteiger partial charge in [-0.25, -0.2) is 0 Å². The number of ether oxygens (including phenoxy) is 2. The molecule has 0 amide bonds. The van der Waals surface area contributed by atoms with E-state index in [-0.39, 0.29) is 11.9 Å². The van der Waals surface area contributed by atoms with Gasteiger partial charge in [0.2, 0.25) is 0 Å². The average molecular weight is 707 g/mol. The zero-order valence-corrected chi connectivity index (χ0v) is 34.3. The van der Waals surface area contributed by atoms with Crippen LogP contribution in [0.15, 0.2) is 0 Å². The first kappa shape index (κ1) is 48.9. The van der Waals surface area contributed by atoms with E-state index >= 15 is 0 Å². The minimum absolute atomic E-state index is 0.0150. The van der Waals surface area contributed by atoms with E-state index in [0.717, 1.165) is 25.7 Å². The van der Waals surface area contributed by atoms with Crippen molar-refractivity contribution in [3.8, 4) is 0 Å². The fraction of sp³-hybridized carbons (Fsp3) is 0.957. The van der Waals surface area contributed by atoms with Crippen molar-refractivity contribution < 1.29 is 19.1 Å². The van der Waals surface area contributed by atoms with Crippen molar-refractivity contribution in [2.45, 2.75) is 271 Å². The second kappa shape index (κ2) is 44.1. The van der Waals surface area contributed by atoms with Crippen LogP contribution in [0.2, 0.25) is 0 Å². The second-order valence-corrected chi connectivity index (χ2v) is 15.7. The molecule has 0 saturated carbocycles. The van der Waals surface area contributed by atoms with E-state index in [1.807, 2.05) is 0 Å². The van der Waals surface area contributed by atoms with Crippen LogP contribution in [0, 0.1) is 0 Å². The van der Waals surface area contributed by atoms with E-state index in [0.29, 0.717) is 26.1 Å². The summed E-state index contributed by atoms with van der Waals surface area (Å²) in [6, 6.07) is 0. The summed E-state index contributed by atoms with van der Waals surface area (Å²) in [6.07, 6.45) is 50.8. The first-order valence-electron chi connectivity index (χ1n) is 23.0. The predicted octanol–water partition coefficient (Wildman–Crippen LogP) is 15.7. The van der Waals surface area contributed by atoms with E-state index in [2.05, 4.69) is 13.8 Å². The highest BCUT2D eigenvalue weighted by atomic mass is 16.5. The largest absolute Gasteiger partial charge is 0.466 e. The molecule has 0 aliphatic heterocycles. The van der Waals surface area contributed by atoms with Crippen LogP contribution < -0.4 is 0 Å².